The van der Waals surface area contributed by atoms with E-state index in [1.165, 1.54) is 9.13 Å². The van der Waals surface area contributed by atoms with Crippen molar-refractivity contribution in [3.8, 4) is 0 Å². The monoisotopic (exact) mass is 458 g/mol. The third-order valence-corrected chi connectivity index (χ3v) is 6.04. The molecule has 1 aliphatic heterocycles. The molecule has 4 aromatic rings. The van der Waals surface area contributed by atoms with Gasteiger partial charge in [0.1, 0.15) is 17.5 Å². The number of carbonyl (C=O) groups excluding carboxylic acids is 2. The zero-order chi connectivity index (χ0) is 24.2. The van der Waals surface area contributed by atoms with Crippen molar-refractivity contribution in [1.29, 1.82) is 0 Å². The van der Waals surface area contributed by atoms with Gasteiger partial charge in [-0.2, -0.15) is 0 Å². The van der Waals surface area contributed by atoms with Crippen molar-refractivity contribution in [3.05, 3.63) is 76.5 Å². The van der Waals surface area contributed by atoms with Gasteiger partial charge in [-0.15, -0.1) is 0 Å². The number of rotatable bonds is 2. The fourth-order valence-electron chi connectivity index (χ4n) is 4.49. The molecule has 0 fully saturated rings. The lowest BCUT2D eigenvalue weighted by Gasteiger charge is -2.31. The van der Waals surface area contributed by atoms with Crippen LogP contribution < -0.4 is 10.9 Å². The number of nitrogens with one attached hydrogen (secondary N) is 1. The number of aromatic nitrogens is 3. The third-order valence-electron chi connectivity index (χ3n) is 6.04. The summed E-state index contributed by atoms with van der Waals surface area (Å²) in [5.41, 5.74) is 1.27. The first-order valence-electron chi connectivity index (χ1n) is 11.3. The summed E-state index contributed by atoms with van der Waals surface area (Å²) < 4.78 is 8.56. The highest BCUT2D eigenvalue weighted by Gasteiger charge is 2.34. The van der Waals surface area contributed by atoms with Crippen molar-refractivity contribution in [2.24, 2.45) is 0 Å². The smallest absolute Gasteiger partial charge is 0.419 e. The molecule has 2 aromatic carbocycles. The molecule has 0 radical (unpaired) electrons. The van der Waals surface area contributed by atoms with E-state index >= 15 is 0 Å². The highest BCUT2D eigenvalue weighted by molar-refractivity contribution is 5.92. The minimum Gasteiger partial charge on any atom is -0.443 e. The molecule has 0 spiro atoms. The lowest BCUT2D eigenvalue weighted by atomic mass is 10.0. The molecule has 3 heterocycles. The van der Waals surface area contributed by atoms with Crippen LogP contribution in [-0.2, 0) is 16.0 Å². The Balaban J connectivity index is 1.62. The van der Waals surface area contributed by atoms with Crippen LogP contribution in [0.15, 0.2) is 59.5 Å². The van der Waals surface area contributed by atoms with E-state index < -0.39 is 23.8 Å². The third kappa shape index (κ3) is 3.65. The normalized spacial score (nSPS) is 18.1. The molecule has 8 heteroatoms. The first kappa shape index (κ1) is 21.9. The second-order valence-electron chi connectivity index (χ2n) is 9.63. The first-order chi connectivity index (χ1) is 16.1. The summed E-state index contributed by atoms with van der Waals surface area (Å²) in [4.78, 5) is 43.7. The second kappa shape index (κ2) is 7.83. The Morgan fingerprint density at radius 1 is 1.06 bits per heavy atom. The van der Waals surface area contributed by atoms with E-state index in [9.17, 15) is 14.4 Å². The minimum absolute atomic E-state index is 0.232. The number of amides is 1. The molecule has 2 aromatic heterocycles. The lowest BCUT2D eigenvalue weighted by molar-refractivity contribution is -0.126. The summed E-state index contributed by atoms with van der Waals surface area (Å²) in [6, 6.07) is 13.5. The molecule has 1 amide bonds. The topological polar surface area (TPSA) is 95.2 Å². The van der Waals surface area contributed by atoms with Crippen molar-refractivity contribution in [3.63, 3.8) is 0 Å². The molecule has 1 aliphatic rings. The van der Waals surface area contributed by atoms with Gasteiger partial charge < -0.3 is 10.1 Å². The summed E-state index contributed by atoms with van der Waals surface area (Å²) in [5, 5.41) is 4.37. The van der Waals surface area contributed by atoms with Crippen LogP contribution in [-0.4, -0.2) is 31.7 Å². The standard InChI is InChI=1S/C26H26N4O4/c1-15-23(31)28-20(22-27-19-11-7-5-10-18(19)24(32)30(15)22)13-16-14-29(25(33)34-26(2,3)4)21-12-8-6-9-17(16)21/h5-12,14-15,20H,13H2,1-4H3,(H,28,31)/t15-,20+/m0/s1. The van der Waals surface area contributed by atoms with Gasteiger partial charge in [-0.05, 0) is 51.5 Å². The molecular weight excluding hydrogens is 432 g/mol. The average molecular weight is 459 g/mol. The maximum atomic E-state index is 13.2. The van der Waals surface area contributed by atoms with Crippen molar-refractivity contribution in [2.45, 2.75) is 51.8 Å². The Morgan fingerprint density at radius 2 is 1.74 bits per heavy atom. The summed E-state index contributed by atoms with van der Waals surface area (Å²) in [6.07, 6.45) is 1.63. The van der Waals surface area contributed by atoms with Gasteiger partial charge in [-0.3, -0.25) is 18.7 Å². The van der Waals surface area contributed by atoms with Crippen molar-refractivity contribution in [2.75, 3.05) is 0 Å². The van der Waals surface area contributed by atoms with Crippen molar-refractivity contribution >= 4 is 33.8 Å². The van der Waals surface area contributed by atoms with Gasteiger partial charge in [0.05, 0.1) is 22.5 Å². The Kier molecular flexibility index (Phi) is 5.04. The van der Waals surface area contributed by atoms with E-state index in [-0.39, 0.29) is 11.5 Å². The molecule has 5 rings (SSSR count). The van der Waals surface area contributed by atoms with Crippen LogP contribution in [0.3, 0.4) is 0 Å². The number of benzene rings is 2. The van der Waals surface area contributed by atoms with Gasteiger partial charge in [0.15, 0.2) is 0 Å². The minimum atomic E-state index is -0.668. The Hall–Kier alpha value is -3.94. The molecule has 8 nitrogen and oxygen atoms in total. The van der Waals surface area contributed by atoms with Gasteiger partial charge in [-0.1, -0.05) is 30.3 Å². The largest absolute Gasteiger partial charge is 0.443 e. The Labute approximate surface area is 196 Å². The van der Waals surface area contributed by atoms with Gasteiger partial charge in [0, 0.05) is 18.0 Å². The summed E-state index contributed by atoms with van der Waals surface area (Å²) in [5.74, 6) is 0.262. The zero-order valence-corrected chi connectivity index (χ0v) is 19.5. The number of nitrogens with zero attached hydrogens (tertiary/aromatic N) is 3. The Morgan fingerprint density at radius 3 is 2.47 bits per heavy atom. The lowest BCUT2D eigenvalue weighted by Crippen LogP contribution is -2.47. The highest BCUT2D eigenvalue weighted by Crippen LogP contribution is 2.30. The maximum absolute atomic E-state index is 13.2. The molecule has 0 saturated heterocycles. The SMILES string of the molecule is C[C@H]1C(=O)N[C@H](Cc2cn(C(=O)OC(C)(C)C)c3ccccc23)c2nc3ccccc3c(=O)n21. The summed E-state index contributed by atoms with van der Waals surface area (Å²) >= 11 is 0. The maximum Gasteiger partial charge on any atom is 0.419 e. The van der Waals surface area contributed by atoms with Crippen LogP contribution in [0, 0.1) is 0 Å². The fourth-order valence-corrected chi connectivity index (χ4v) is 4.49. The van der Waals surface area contributed by atoms with E-state index in [0.717, 1.165) is 10.9 Å². The van der Waals surface area contributed by atoms with E-state index in [1.54, 1.807) is 31.3 Å². The fraction of sp³-hybridized carbons (Fsp3) is 0.308. The van der Waals surface area contributed by atoms with Gasteiger partial charge in [0.25, 0.3) is 5.56 Å². The average Bonchev–Trinajstić information content (AvgIpc) is 3.15. The molecular formula is C26H26N4O4. The molecule has 0 saturated carbocycles. The number of fused-ring (bicyclic) bond motifs is 3. The van der Waals surface area contributed by atoms with Crippen molar-refractivity contribution < 1.29 is 14.3 Å². The molecule has 174 valence electrons. The highest BCUT2D eigenvalue weighted by atomic mass is 16.6. The number of para-hydroxylation sites is 2. The summed E-state index contributed by atoms with van der Waals surface area (Å²) in [6.45, 7) is 7.16. The van der Waals surface area contributed by atoms with Crippen LogP contribution in [0.4, 0.5) is 4.79 Å². The van der Waals surface area contributed by atoms with Crippen LogP contribution in [0.2, 0.25) is 0 Å². The molecule has 34 heavy (non-hydrogen) atoms. The first-order valence-corrected chi connectivity index (χ1v) is 11.3. The molecule has 0 unspecified atom stereocenters. The number of hydrogen-bond acceptors (Lipinski definition) is 5. The zero-order valence-electron chi connectivity index (χ0n) is 19.5. The molecule has 0 aliphatic carbocycles. The number of ether oxygens (including phenoxy) is 1. The number of hydrogen-bond donors (Lipinski definition) is 1. The van der Waals surface area contributed by atoms with E-state index in [4.69, 9.17) is 9.72 Å². The van der Waals surface area contributed by atoms with Crippen LogP contribution >= 0.6 is 0 Å². The Bertz CT molecular complexity index is 1510. The molecule has 1 N–H and O–H groups in total. The van der Waals surface area contributed by atoms with Crippen LogP contribution in [0.1, 0.15) is 51.2 Å². The second-order valence-corrected chi connectivity index (χ2v) is 9.63. The van der Waals surface area contributed by atoms with Gasteiger partial charge in [0.2, 0.25) is 5.91 Å². The van der Waals surface area contributed by atoms with E-state index in [1.807, 2.05) is 51.1 Å². The van der Waals surface area contributed by atoms with E-state index in [2.05, 4.69) is 5.32 Å². The van der Waals surface area contributed by atoms with Crippen LogP contribution in [0.5, 0.6) is 0 Å². The summed E-state index contributed by atoms with van der Waals surface area (Å²) in [7, 11) is 0. The van der Waals surface area contributed by atoms with Gasteiger partial charge in [-0.25, -0.2) is 9.78 Å². The predicted molar refractivity (Wildman–Crippen MR) is 129 cm³/mol. The quantitative estimate of drug-likeness (QED) is 0.488. The van der Waals surface area contributed by atoms with E-state index in [0.29, 0.717) is 28.7 Å². The van der Waals surface area contributed by atoms with Crippen LogP contribution in [0.25, 0.3) is 21.8 Å². The predicted octanol–water partition coefficient (Wildman–Crippen LogP) is 4.11. The number of carbonyl (C=O) groups is 2. The molecule has 2 atom stereocenters. The molecule has 0 bridgehead atoms. The van der Waals surface area contributed by atoms with Crippen molar-refractivity contribution in [1.82, 2.24) is 19.4 Å². The van der Waals surface area contributed by atoms with Gasteiger partial charge >= 0.3 is 6.09 Å².